The first-order chi connectivity index (χ1) is 11.4. The standard InChI is InChI=1S/C18H23F4NO/c1-4-5-8-23-11(2)9-18(10-24-3)12-6-7-13(19)15(20)14(12)16(21)17(18)22/h6-7,11,23H,4-5,8-10H2,1-3H3. The molecule has 1 aliphatic rings. The molecule has 2 atom stereocenters. The van der Waals surface area contributed by atoms with Crippen LogP contribution in [0.15, 0.2) is 18.0 Å². The van der Waals surface area contributed by atoms with E-state index in [9.17, 15) is 17.6 Å². The van der Waals surface area contributed by atoms with Crippen molar-refractivity contribution >= 4 is 5.83 Å². The molecule has 1 aliphatic carbocycles. The molecule has 134 valence electrons. The van der Waals surface area contributed by atoms with Crippen molar-refractivity contribution in [2.45, 2.75) is 44.6 Å². The maximum Gasteiger partial charge on any atom is 0.169 e. The maximum atomic E-state index is 14.8. The minimum Gasteiger partial charge on any atom is -0.383 e. The van der Waals surface area contributed by atoms with Crippen molar-refractivity contribution < 1.29 is 22.3 Å². The van der Waals surface area contributed by atoms with Crippen molar-refractivity contribution in [2.75, 3.05) is 20.3 Å². The van der Waals surface area contributed by atoms with E-state index in [1.165, 1.54) is 13.2 Å². The molecule has 0 radical (unpaired) electrons. The molecule has 0 saturated heterocycles. The smallest absolute Gasteiger partial charge is 0.169 e. The van der Waals surface area contributed by atoms with E-state index in [1.54, 1.807) is 0 Å². The van der Waals surface area contributed by atoms with E-state index >= 15 is 0 Å². The summed E-state index contributed by atoms with van der Waals surface area (Å²) >= 11 is 0. The van der Waals surface area contributed by atoms with Crippen LogP contribution in [0.1, 0.15) is 44.2 Å². The third-order valence-electron chi connectivity index (χ3n) is 4.51. The van der Waals surface area contributed by atoms with Crippen molar-refractivity contribution in [2.24, 2.45) is 0 Å². The SMILES string of the molecule is CCCCNC(C)CC1(COC)C(F)=C(F)c2c1ccc(F)c2F. The van der Waals surface area contributed by atoms with Gasteiger partial charge in [-0.05, 0) is 37.9 Å². The zero-order valence-electron chi connectivity index (χ0n) is 14.2. The highest BCUT2D eigenvalue weighted by atomic mass is 19.2. The largest absolute Gasteiger partial charge is 0.383 e. The molecule has 6 heteroatoms. The second-order valence-corrected chi connectivity index (χ2v) is 6.34. The van der Waals surface area contributed by atoms with Crippen LogP contribution in [0.5, 0.6) is 0 Å². The van der Waals surface area contributed by atoms with Crippen molar-refractivity contribution in [3.05, 3.63) is 40.7 Å². The maximum absolute atomic E-state index is 14.8. The van der Waals surface area contributed by atoms with Crippen molar-refractivity contribution in [3.8, 4) is 0 Å². The lowest BCUT2D eigenvalue weighted by molar-refractivity contribution is 0.124. The highest BCUT2D eigenvalue weighted by Gasteiger charge is 2.49. The van der Waals surface area contributed by atoms with Gasteiger partial charge in [0.15, 0.2) is 17.5 Å². The molecule has 0 bridgehead atoms. The molecule has 0 aliphatic heterocycles. The van der Waals surface area contributed by atoms with E-state index in [4.69, 9.17) is 4.74 Å². The van der Waals surface area contributed by atoms with Gasteiger partial charge >= 0.3 is 0 Å². The van der Waals surface area contributed by atoms with Gasteiger partial charge in [-0.2, -0.15) is 0 Å². The Balaban J connectivity index is 2.42. The first-order valence-electron chi connectivity index (χ1n) is 8.16. The van der Waals surface area contributed by atoms with E-state index in [0.717, 1.165) is 25.5 Å². The fraction of sp³-hybridized carbons (Fsp3) is 0.556. The van der Waals surface area contributed by atoms with Gasteiger partial charge in [0, 0.05) is 13.2 Å². The molecule has 0 amide bonds. The van der Waals surface area contributed by atoms with Crippen LogP contribution in [-0.4, -0.2) is 26.3 Å². The second-order valence-electron chi connectivity index (χ2n) is 6.34. The average molecular weight is 345 g/mol. The molecule has 0 spiro atoms. The van der Waals surface area contributed by atoms with Crippen LogP contribution in [0.2, 0.25) is 0 Å². The number of rotatable bonds is 8. The van der Waals surface area contributed by atoms with Gasteiger partial charge in [0.1, 0.15) is 5.83 Å². The Hall–Kier alpha value is -1.40. The Morgan fingerprint density at radius 3 is 2.54 bits per heavy atom. The van der Waals surface area contributed by atoms with Crippen LogP contribution in [0, 0.1) is 11.6 Å². The number of unbranched alkanes of at least 4 members (excludes halogenated alkanes) is 1. The minimum absolute atomic E-state index is 0.0994. The summed E-state index contributed by atoms with van der Waals surface area (Å²) in [6.07, 6.45) is 2.16. The molecule has 2 nitrogen and oxygen atoms in total. The number of nitrogens with one attached hydrogen (secondary N) is 1. The average Bonchev–Trinajstić information content (AvgIpc) is 2.74. The van der Waals surface area contributed by atoms with Crippen LogP contribution < -0.4 is 5.32 Å². The molecule has 24 heavy (non-hydrogen) atoms. The Kier molecular flexibility index (Phi) is 6.04. The Morgan fingerprint density at radius 2 is 1.92 bits per heavy atom. The minimum atomic E-state index is -1.44. The van der Waals surface area contributed by atoms with Gasteiger partial charge in [0.2, 0.25) is 0 Å². The predicted molar refractivity (Wildman–Crippen MR) is 86.0 cm³/mol. The number of ether oxygens (including phenoxy) is 1. The third kappa shape index (κ3) is 3.22. The summed E-state index contributed by atoms with van der Waals surface area (Å²) in [7, 11) is 1.37. The second kappa shape index (κ2) is 7.66. The fourth-order valence-corrected chi connectivity index (χ4v) is 3.37. The van der Waals surface area contributed by atoms with Crippen LogP contribution >= 0.6 is 0 Å². The van der Waals surface area contributed by atoms with Gasteiger partial charge < -0.3 is 10.1 Å². The fourth-order valence-electron chi connectivity index (χ4n) is 3.37. The van der Waals surface area contributed by atoms with Gasteiger partial charge in [-0.15, -0.1) is 0 Å². The number of hydrogen-bond acceptors (Lipinski definition) is 2. The number of hydrogen-bond donors (Lipinski definition) is 1. The molecule has 0 heterocycles. The van der Waals surface area contributed by atoms with Gasteiger partial charge in [-0.1, -0.05) is 19.4 Å². The summed E-state index contributed by atoms with van der Waals surface area (Å²) in [6, 6.07) is 2.00. The Bertz CT molecular complexity index is 632. The number of benzene rings is 1. The predicted octanol–water partition coefficient (Wildman–Crippen LogP) is 4.64. The lowest BCUT2D eigenvalue weighted by atomic mass is 9.77. The van der Waals surface area contributed by atoms with E-state index in [0.29, 0.717) is 0 Å². The van der Waals surface area contributed by atoms with Crippen LogP contribution in [0.3, 0.4) is 0 Å². The van der Waals surface area contributed by atoms with Gasteiger partial charge in [0.05, 0.1) is 17.6 Å². The molecule has 2 unspecified atom stereocenters. The summed E-state index contributed by atoms with van der Waals surface area (Å²) < 4.78 is 61.7. The molecular weight excluding hydrogens is 322 g/mol. The normalized spacial score (nSPS) is 21.3. The summed E-state index contributed by atoms with van der Waals surface area (Å²) in [4.78, 5) is 0. The van der Waals surface area contributed by atoms with E-state index in [2.05, 4.69) is 12.2 Å². The molecule has 1 aromatic carbocycles. The lowest BCUT2D eigenvalue weighted by Crippen LogP contribution is -2.39. The van der Waals surface area contributed by atoms with Crippen LogP contribution in [-0.2, 0) is 10.2 Å². The zero-order chi connectivity index (χ0) is 17.9. The van der Waals surface area contributed by atoms with Crippen LogP contribution in [0.4, 0.5) is 17.6 Å². The highest BCUT2D eigenvalue weighted by Crippen LogP contribution is 2.51. The quantitative estimate of drug-likeness (QED) is 0.547. The summed E-state index contributed by atoms with van der Waals surface area (Å²) in [5.74, 6) is -4.98. The van der Waals surface area contributed by atoms with Crippen molar-refractivity contribution in [1.29, 1.82) is 0 Å². The van der Waals surface area contributed by atoms with E-state index in [-0.39, 0.29) is 24.6 Å². The number of halogens is 4. The summed E-state index contributed by atoms with van der Waals surface area (Å²) in [5, 5.41) is 3.25. The monoisotopic (exact) mass is 345 g/mol. The molecule has 2 rings (SSSR count). The first kappa shape index (κ1) is 18.9. The van der Waals surface area contributed by atoms with E-state index < -0.39 is 34.3 Å². The molecule has 0 fully saturated rings. The first-order valence-corrected chi connectivity index (χ1v) is 8.16. The molecule has 1 aromatic rings. The zero-order valence-corrected chi connectivity index (χ0v) is 14.2. The Morgan fingerprint density at radius 1 is 1.21 bits per heavy atom. The Labute approximate surface area is 139 Å². The third-order valence-corrected chi connectivity index (χ3v) is 4.51. The van der Waals surface area contributed by atoms with Gasteiger partial charge in [-0.25, -0.2) is 17.6 Å². The van der Waals surface area contributed by atoms with Gasteiger partial charge in [0.25, 0.3) is 0 Å². The van der Waals surface area contributed by atoms with Crippen molar-refractivity contribution in [1.82, 2.24) is 5.32 Å². The van der Waals surface area contributed by atoms with Gasteiger partial charge in [-0.3, -0.25) is 0 Å². The molecule has 1 N–H and O–H groups in total. The van der Waals surface area contributed by atoms with E-state index in [1.807, 2.05) is 6.92 Å². The lowest BCUT2D eigenvalue weighted by Gasteiger charge is -2.32. The molecular formula is C18H23F4NO. The van der Waals surface area contributed by atoms with Crippen molar-refractivity contribution in [3.63, 3.8) is 0 Å². The summed E-state index contributed by atoms with van der Waals surface area (Å²) in [6.45, 7) is 4.51. The molecule has 0 aromatic heterocycles. The summed E-state index contributed by atoms with van der Waals surface area (Å²) in [5.41, 5.74) is -1.96. The molecule has 0 saturated carbocycles. The van der Waals surface area contributed by atoms with Crippen LogP contribution in [0.25, 0.3) is 5.83 Å². The topological polar surface area (TPSA) is 21.3 Å². The highest BCUT2D eigenvalue weighted by molar-refractivity contribution is 5.75. The number of methoxy groups -OCH3 is 1. The number of fused-ring (bicyclic) bond motifs is 1.